The second-order valence-corrected chi connectivity index (χ2v) is 19.5. The van der Waals surface area contributed by atoms with Gasteiger partial charge in [0.1, 0.15) is 48.3 Å². The van der Waals surface area contributed by atoms with Crippen LogP contribution in [-0.4, -0.2) is 155 Å². The van der Waals surface area contributed by atoms with E-state index in [2.05, 4.69) is 52.5 Å². The molecule has 0 saturated carbocycles. The molecule has 79 heavy (non-hydrogen) atoms. The number of nitrogens with one attached hydrogen (secondary N) is 9. The third-order valence-electron chi connectivity index (χ3n) is 13.2. The molecule has 0 fully saturated rings. The Labute approximate surface area is 460 Å². The molecule has 436 valence electrons. The molecule has 26 heteroatoms. The number of carboxylic acids is 1. The predicted molar refractivity (Wildman–Crippen MR) is 297 cm³/mol. The van der Waals surface area contributed by atoms with Crippen LogP contribution in [0.3, 0.4) is 0 Å². The zero-order valence-electron chi connectivity index (χ0n) is 45.6. The van der Waals surface area contributed by atoms with Crippen LogP contribution in [0.2, 0.25) is 0 Å². The van der Waals surface area contributed by atoms with E-state index in [-0.39, 0.29) is 64.1 Å². The molecular weight excluding hydrogens is 1020 g/mol. The number of carbonyl (C=O) groups is 9. The average Bonchev–Trinajstić information content (AvgIpc) is 3.84. The fraction of sp³-hybridized carbons (Fsp3) is 0.547. The van der Waals surface area contributed by atoms with Gasteiger partial charge >= 0.3 is 5.97 Å². The van der Waals surface area contributed by atoms with E-state index >= 15 is 0 Å². The van der Waals surface area contributed by atoms with Gasteiger partial charge in [-0.05, 0) is 108 Å². The number of aliphatic imine (C=N–C) groups is 1. The lowest BCUT2D eigenvalue weighted by atomic mass is 9.97. The third-order valence-corrected chi connectivity index (χ3v) is 13.2. The Balaban J connectivity index is 1.81. The number of aromatic amines is 1. The Morgan fingerprint density at radius 3 is 1.63 bits per heavy atom. The first kappa shape index (κ1) is 65.6. The van der Waals surface area contributed by atoms with Crippen molar-refractivity contribution in [3.05, 3.63) is 71.9 Å². The van der Waals surface area contributed by atoms with E-state index in [1.165, 1.54) is 13.8 Å². The number of amides is 8. The number of hydrogen-bond acceptors (Lipinski definition) is 14. The Kier molecular flexibility index (Phi) is 28.4. The molecule has 0 radical (unpaired) electrons. The second-order valence-electron chi connectivity index (χ2n) is 19.5. The summed E-state index contributed by atoms with van der Waals surface area (Å²) in [6.07, 6.45) is 4.08. The predicted octanol–water partition coefficient (Wildman–Crippen LogP) is -2.37. The summed E-state index contributed by atoms with van der Waals surface area (Å²) in [6, 6.07) is 4.64. The molecule has 0 saturated heterocycles. The number of aliphatic carboxylic acids is 1. The molecule has 26 nitrogen and oxygen atoms in total. The number of guanidine groups is 1. The van der Waals surface area contributed by atoms with E-state index in [9.17, 15) is 53.4 Å². The minimum Gasteiger partial charge on any atom is -0.480 e. The van der Waals surface area contributed by atoms with Gasteiger partial charge < -0.3 is 86.4 Å². The topological polar surface area (TPSA) is 449 Å². The van der Waals surface area contributed by atoms with E-state index in [0.29, 0.717) is 48.6 Å². The van der Waals surface area contributed by atoms with Crippen molar-refractivity contribution in [1.29, 1.82) is 0 Å². The fourth-order valence-corrected chi connectivity index (χ4v) is 8.29. The minimum atomic E-state index is -1.68. The number of carboxylic acid groups (broad SMARTS) is 1. The molecule has 0 aliphatic rings. The normalized spacial score (nSPS) is 14.9. The third kappa shape index (κ3) is 22.3. The van der Waals surface area contributed by atoms with Crippen LogP contribution in [0.5, 0.6) is 0 Å². The van der Waals surface area contributed by atoms with Gasteiger partial charge in [0.05, 0.1) is 12.6 Å². The number of nitrogens with two attached hydrogens (primary N) is 5. The fourth-order valence-electron chi connectivity index (χ4n) is 8.29. The number of H-pyrrole nitrogens is 1. The quantitative estimate of drug-likeness (QED) is 0.0164. The maximum absolute atomic E-state index is 14.2. The number of aromatic nitrogens is 1. The number of aliphatic hydroxyl groups is 1. The number of carbonyl (C=O) groups excluding carboxylic acids is 8. The first-order valence-corrected chi connectivity index (χ1v) is 26.7. The molecule has 1 aromatic heterocycles. The van der Waals surface area contributed by atoms with Crippen molar-refractivity contribution < 1.29 is 53.4 Å². The van der Waals surface area contributed by atoms with E-state index in [0.717, 1.165) is 5.56 Å². The summed E-state index contributed by atoms with van der Waals surface area (Å²) in [6.45, 7) is 6.00. The summed E-state index contributed by atoms with van der Waals surface area (Å²) in [5.74, 6) is -8.35. The number of benzene rings is 2. The zero-order chi connectivity index (χ0) is 58.6. The summed E-state index contributed by atoms with van der Waals surface area (Å²) >= 11 is 0. The number of rotatable bonds is 36. The summed E-state index contributed by atoms with van der Waals surface area (Å²) in [5, 5.41) is 41.8. The Morgan fingerprint density at radius 1 is 0.570 bits per heavy atom. The molecule has 2 aromatic carbocycles. The second kappa shape index (κ2) is 34.3. The average molecular weight is 1110 g/mol. The first-order chi connectivity index (χ1) is 37.6. The van der Waals surface area contributed by atoms with Crippen molar-refractivity contribution in [1.82, 2.24) is 47.5 Å². The number of aliphatic hydroxyl groups excluding tert-OH is 1. The molecule has 3 aromatic rings. The lowest BCUT2D eigenvalue weighted by Gasteiger charge is -2.29. The van der Waals surface area contributed by atoms with Crippen LogP contribution in [0.15, 0.2) is 65.8 Å². The van der Waals surface area contributed by atoms with Crippen LogP contribution >= 0.6 is 0 Å². The van der Waals surface area contributed by atoms with Gasteiger partial charge in [-0.2, -0.15) is 0 Å². The van der Waals surface area contributed by atoms with Crippen molar-refractivity contribution in [3.63, 3.8) is 0 Å². The summed E-state index contributed by atoms with van der Waals surface area (Å²) in [7, 11) is 0. The lowest BCUT2D eigenvalue weighted by molar-refractivity contribution is -0.142. The van der Waals surface area contributed by atoms with Crippen LogP contribution in [0, 0.1) is 5.92 Å². The van der Waals surface area contributed by atoms with Crippen LogP contribution in [-0.2, 0) is 56.0 Å². The molecule has 21 N–H and O–H groups in total. The van der Waals surface area contributed by atoms with E-state index in [1.54, 1.807) is 44.3 Å². The number of nitrogens with zero attached hydrogens (tertiary/aromatic N) is 1. The number of fused-ring (bicyclic) bond motifs is 1. The molecule has 0 spiro atoms. The van der Waals surface area contributed by atoms with Gasteiger partial charge in [0.25, 0.3) is 0 Å². The molecular formula is C53H83N15O11. The highest BCUT2D eigenvalue weighted by Crippen LogP contribution is 2.20. The highest BCUT2D eigenvalue weighted by atomic mass is 16.4. The van der Waals surface area contributed by atoms with Gasteiger partial charge in [-0.3, -0.25) is 43.3 Å². The SMILES string of the molecule is CC[C@H](C)[C@H](NC(=O)[C@H](C)NC(=O)[C@@H](N)Cc1ccccc1)C(=O)N[C@@H](CCCCN)C(=O)N[C@@H](CO)C(=O)N[C@@H](Cc1c[nH]c2ccccc12)C(=O)N[C@@H](C)C(=O)N[C@@H](CCCCN)C(=O)N[C@@H](CCCN=C(N)N)C(=O)O. The van der Waals surface area contributed by atoms with Gasteiger partial charge in [0, 0.05) is 30.1 Å². The van der Waals surface area contributed by atoms with E-state index in [1.807, 2.05) is 30.3 Å². The monoisotopic (exact) mass is 1110 g/mol. The van der Waals surface area contributed by atoms with Crippen LogP contribution in [0.25, 0.3) is 10.9 Å². The summed E-state index contributed by atoms with van der Waals surface area (Å²) in [5.41, 5.74) is 30.4. The van der Waals surface area contributed by atoms with Gasteiger partial charge in [-0.25, -0.2) is 4.79 Å². The zero-order valence-corrected chi connectivity index (χ0v) is 45.6. The molecule has 0 unspecified atom stereocenters. The van der Waals surface area contributed by atoms with Crippen molar-refractivity contribution in [2.24, 2.45) is 39.6 Å². The molecule has 0 bridgehead atoms. The van der Waals surface area contributed by atoms with Crippen molar-refractivity contribution in [2.75, 3.05) is 26.2 Å². The molecule has 3 rings (SSSR count). The molecule has 10 atom stereocenters. The Bertz CT molecular complexity index is 2510. The van der Waals surface area contributed by atoms with Gasteiger partial charge in [-0.15, -0.1) is 0 Å². The maximum Gasteiger partial charge on any atom is 0.326 e. The minimum absolute atomic E-state index is 0.0271. The Hall–Kier alpha value is -7.68. The van der Waals surface area contributed by atoms with Gasteiger partial charge in [0.2, 0.25) is 47.3 Å². The van der Waals surface area contributed by atoms with E-state index < -0.39 is 120 Å². The van der Waals surface area contributed by atoms with Crippen molar-refractivity contribution in [2.45, 2.75) is 153 Å². The van der Waals surface area contributed by atoms with Gasteiger partial charge in [-0.1, -0.05) is 68.8 Å². The lowest BCUT2D eigenvalue weighted by Crippen LogP contribution is -2.61. The van der Waals surface area contributed by atoms with Crippen molar-refractivity contribution in [3.8, 4) is 0 Å². The highest BCUT2D eigenvalue weighted by Gasteiger charge is 2.35. The maximum atomic E-state index is 14.2. The largest absolute Gasteiger partial charge is 0.480 e. The highest BCUT2D eigenvalue weighted by molar-refractivity contribution is 5.98. The van der Waals surface area contributed by atoms with Gasteiger partial charge in [0.15, 0.2) is 5.96 Å². The van der Waals surface area contributed by atoms with Crippen molar-refractivity contribution >= 4 is 70.1 Å². The first-order valence-electron chi connectivity index (χ1n) is 26.7. The smallest absolute Gasteiger partial charge is 0.326 e. The Morgan fingerprint density at radius 2 is 1.06 bits per heavy atom. The molecule has 8 amide bonds. The van der Waals surface area contributed by atoms with E-state index in [4.69, 9.17) is 28.7 Å². The number of hydrogen-bond donors (Lipinski definition) is 16. The molecule has 1 heterocycles. The molecule has 0 aliphatic heterocycles. The number of para-hydroxylation sites is 1. The van der Waals surface area contributed by atoms with Crippen LogP contribution in [0.1, 0.15) is 96.6 Å². The molecule has 0 aliphatic carbocycles. The van der Waals surface area contributed by atoms with Crippen LogP contribution in [0.4, 0.5) is 0 Å². The number of unbranched alkanes of at least 4 members (excludes halogenated alkanes) is 2. The summed E-state index contributed by atoms with van der Waals surface area (Å²) < 4.78 is 0. The standard InChI is InChI=1S/C53H83N15O11/c1-5-30(2)43(68-45(71)32(4)61-46(72)36(56)26-33-16-7-6-8-17-33)51(77)64-39(21-12-14-24-55)48(74)67-42(29-69)50(76)66-41(27-34-28-60-37-19-10-9-18-35(34)37)49(75)62-31(3)44(70)63-38(20-11-13-23-54)47(73)65-40(52(78)79)22-15-25-59-53(57)58/h6-10,16-19,28,30-32,36,38-43,60,69H,5,11-15,20-27,29,54-56H2,1-4H3,(H,61,72)(H,62,75)(H,63,70)(H,64,77)(H,65,73)(H,66,76)(H,67,74)(H,68,71)(H,78,79)(H4,57,58,59)/t30-,31-,32-,36-,38-,39-,40-,41-,42-,43-/m0/s1. The summed E-state index contributed by atoms with van der Waals surface area (Å²) in [4.78, 5) is 129. The van der Waals surface area contributed by atoms with Crippen LogP contribution < -0.4 is 71.2 Å².